The van der Waals surface area contributed by atoms with Crippen LogP contribution in [0, 0.1) is 5.92 Å². The number of rotatable bonds is 5. The van der Waals surface area contributed by atoms with Gasteiger partial charge in [0.25, 0.3) is 0 Å². The topological polar surface area (TPSA) is 72.8 Å². The van der Waals surface area contributed by atoms with Crippen LogP contribution in [0.2, 0.25) is 0 Å². The molecule has 0 aromatic heterocycles. The average Bonchev–Trinajstić information content (AvgIpc) is 3.15. The molecule has 2 fully saturated rings. The molecule has 0 bridgehead atoms. The van der Waals surface area contributed by atoms with Gasteiger partial charge in [0.15, 0.2) is 0 Å². The maximum atomic E-state index is 13.3. The molecule has 1 aromatic carbocycles. The number of nitrogens with one attached hydrogen (secondary N) is 1. The first-order valence-electron chi connectivity index (χ1n) is 11.9. The van der Waals surface area contributed by atoms with Gasteiger partial charge in [0.2, 0.25) is 5.91 Å². The molecular formula is C25H38N2O3. The summed E-state index contributed by atoms with van der Waals surface area (Å²) in [6, 6.07) is 6.49. The molecule has 5 nitrogen and oxygen atoms in total. The van der Waals surface area contributed by atoms with E-state index < -0.39 is 5.60 Å². The van der Waals surface area contributed by atoms with E-state index in [0.29, 0.717) is 12.5 Å². The van der Waals surface area contributed by atoms with E-state index in [1.54, 1.807) is 0 Å². The Labute approximate surface area is 180 Å². The van der Waals surface area contributed by atoms with Gasteiger partial charge in [-0.15, -0.1) is 0 Å². The monoisotopic (exact) mass is 414 g/mol. The molecule has 1 amide bonds. The molecule has 4 rings (SSSR count). The molecule has 1 unspecified atom stereocenters. The van der Waals surface area contributed by atoms with E-state index in [0.717, 1.165) is 50.6 Å². The predicted molar refractivity (Wildman–Crippen MR) is 118 cm³/mol. The molecule has 2 saturated carbocycles. The Balaban J connectivity index is 1.59. The summed E-state index contributed by atoms with van der Waals surface area (Å²) in [5.41, 5.74) is 2.59. The minimum atomic E-state index is -0.890. The molecule has 1 aliphatic heterocycles. The first kappa shape index (κ1) is 21.8. The number of carbonyl (C=O) groups excluding carboxylic acids is 1. The van der Waals surface area contributed by atoms with Crippen molar-refractivity contribution in [3.63, 3.8) is 0 Å². The number of hydrogen-bond acceptors (Lipinski definition) is 4. The smallest absolute Gasteiger partial charge is 0.237 e. The molecule has 3 aliphatic rings. The van der Waals surface area contributed by atoms with Crippen LogP contribution in [0.1, 0.15) is 87.9 Å². The van der Waals surface area contributed by atoms with Gasteiger partial charge < -0.3 is 20.4 Å². The van der Waals surface area contributed by atoms with E-state index in [4.69, 9.17) is 0 Å². The highest BCUT2D eigenvalue weighted by atomic mass is 16.3. The minimum absolute atomic E-state index is 0.0425. The van der Waals surface area contributed by atoms with E-state index in [1.165, 1.54) is 30.4 Å². The van der Waals surface area contributed by atoms with E-state index in [2.05, 4.69) is 22.3 Å². The van der Waals surface area contributed by atoms with Crippen molar-refractivity contribution in [3.8, 4) is 0 Å². The van der Waals surface area contributed by atoms with E-state index >= 15 is 0 Å². The molecule has 1 heterocycles. The maximum Gasteiger partial charge on any atom is 0.237 e. The molecule has 3 N–H and O–H groups in total. The Kier molecular flexibility index (Phi) is 6.52. The van der Waals surface area contributed by atoms with Gasteiger partial charge in [0.05, 0.1) is 24.3 Å². The van der Waals surface area contributed by atoms with Gasteiger partial charge in [-0.25, -0.2) is 0 Å². The SMILES string of the molecule is CC(C)(O)c1ccc2c(c1)C(C1CCCCC1)N(C(=O)CN[C@H]1CCC[C@@H]1O)CC2. The fourth-order valence-electron chi connectivity index (χ4n) is 5.76. The first-order valence-corrected chi connectivity index (χ1v) is 11.9. The maximum absolute atomic E-state index is 13.3. The molecule has 30 heavy (non-hydrogen) atoms. The van der Waals surface area contributed by atoms with Gasteiger partial charge in [-0.2, -0.15) is 0 Å². The summed E-state index contributed by atoms with van der Waals surface area (Å²) in [6.07, 6.45) is 9.40. The zero-order valence-corrected chi connectivity index (χ0v) is 18.6. The first-order chi connectivity index (χ1) is 14.3. The van der Waals surface area contributed by atoms with Gasteiger partial charge in [0.1, 0.15) is 0 Å². The van der Waals surface area contributed by atoms with Crippen molar-refractivity contribution in [2.45, 2.75) is 95.4 Å². The third kappa shape index (κ3) is 4.58. The fourth-order valence-corrected chi connectivity index (χ4v) is 5.76. The summed E-state index contributed by atoms with van der Waals surface area (Å²) >= 11 is 0. The van der Waals surface area contributed by atoms with Crippen LogP contribution in [0.3, 0.4) is 0 Å². The van der Waals surface area contributed by atoms with Gasteiger partial charge in [0, 0.05) is 12.6 Å². The quantitative estimate of drug-likeness (QED) is 0.690. The number of hydrogen-bond donors (Lipinski definition) is 3. The van der Waals surface area contributed by atoms with Gasteiger partial charge in [-0.3, -0.25) is 4.79 Å². The molecule has 166 valence electrons. The summed E-state index contributed by atoms with van der Waals surface area (Å²) in [6.45, 7) is 4.70. The lowest BCUT2D eigenvalue weighted by Crippen LogP contribution is -2.49. The number of benzene rings is 1. The Hall–Kier alpha value is -1.43. The number of fused-ring (bicyclic) bond motifs is 1. The molecule has 5 heteroatoms. The van der Waals surface area contributed by atoms with Crippen LogP contribution in [-0.4, -0.2) is 46.3 Å². The largest absolute Gasteiger partial charge is 0.392 e. The minimum Gasteiger partial charge on any atom is -0.392 e. The summed E-state index contributed by atoms with van der Waals surface area (Å²) < 4.78 is 0. The average molecular weight is 415 g/mol. The van der Waals surface area contributed by atoms with E-state index in [-0.39, 0.29) is 24.1 Å². The Bertz CT molecular complexity index is 751. The van der Waals surface area contributed by atoms with E-state index in [1.807, 2.05) is 19.9 Å². The summed E-state index contributed by atoms with van der Waals surface area (Å²) in [7, 11) is 0. The lowest BCUT2D eigenvalue weighted by molar-refractivity contribution is -0.135. The molecular weight excluding hydrogens is 376 g/mol. The summed E-state index contributed by atoms with van der Waals surface area (Å²) in [4.78, 5) is 15.4. The van der Waals surface area contributed by atoms with Gasteiger partial charge >= 0.3 is 0 Å². The number of aliphatic hydroxyl groups excluding tert-OH is 1. The number of aliphatic hydroxyl groups is 2. The van der Waals surface area contributed by atoms with E-state index in [9.17, 15) is 15.0 Å². The second-order valence-corrected chi connectivity index (χ2v) is 10.1. The third-order valence-electron chi connectivity index (χ3n) is 7.54. The van der Waals surface area contributed by atoms with Crippen molar-refractivity contribution in [1.29, 1.82) is 0 Å². The lowest BCUT2D eigenvalue weighted by atomic mass is 9.76. The highest BCUT2D eigenvalue weighted by Crippen LogP contribution is 2.43. The van der Waals surface area contributed by atoms with Gasteiger partial charge in [-0.1, -0.05) is 37.5 Å². The molecule has 2 aliphatic carbocycles. The second kappa shape index (κ2) is 8.97. The number of nitrogens with zero attached hydrogens (tertiary/aromatic N) is 1. The zero-order valence-electron chi connectivity index (χ0n) is 18.6. The molecule has 3 atom stereocenters. The van der Waals surface area contributed by atoms with Crippen LogP contribution in [0.15, 0.2) is 18.2 Å². The predicted octanol–water partition coefficient (Wildman–Crippen LogP) is 3.42. The van der Waals surface area contributed by atoms with Crippen molar-refractivity contribution in [2.75, 3.05) is 13.1 Å². The Morgan fingerprint density at radius 3 is 2.57 bits per heavy atom. The zero-order chi connectivity index (χ0) is 21.3. The van der Waals surface area contributed by atoms with Crippen molar-refractivity contribution >= 4 is 5.91 Å². The Morgan fingerprint density at radius 2 is 1.90 bits per heavy atom. The van der Waals surface area contributed by atoms with Crippen molar-refractivity contribution in [2.24, 2.45) is 5.92 Å². The fraction of sp³-hybridized carbons (Fsp3) is 0.720. The summed E-state index contributed by atoms with van der Waals surface area (Å²) in [5, 5.41) is 24.0. The molecule has 0 radical (unpaired) electrons. The highest BCUT2D eigenvalue weighted by molar-refractivity contribution is 5.79. The van der Waals surface area contributed by atoms with Crippen LogP contribution in [0.5, 0.6) is 0 Å². The van der Waals surface area contributed by atoms with Crippen LogP contribution in [0.4, 0.5) is 0 Å². The van der Waals surface area contributed by atoms with Crippen LogP contribution >= 0.6 is 0 Å². The second-order valence-electron chi connectivity index (χ2n) is 10.1. The summed E-state index contributed by atoms with van der Waals surface area (Å²) in [5.74, 6) is 0.625. The number of carbonyl (C=O) groups is 1. The van der Waals surface area contributed by atoms with Crippen LogP contribution < -0.4 is 5.32 Å². The third-order valence-corrected chi connectivity index (χ3v) is 7.54. The normalized spacial score (nSPS) is 27.9. The van der Waals surface area contributed by atoms with Crippen LogP contribution in [-0.2, 0) is 16.8 Å². The van der Waals surface area contributed by atoms with Crippen molar-refractivity contribution < 1.29 is 15.0 Å². The standard InChI is InChI=1S/C25H38N2O3/c1-25(2,30)19-12-11-17-13-14-27(23(29)16-26-21-9-6-10-22(21)28)24(20(17)15-19)18-7-4-3-5-8-18/h11-12,15,18,21-22,24,26,28,30H,3-10,13-14,16H2,1-2H3/t21-,22-,24?/m0/s1. The molecule has 1 aromatic rings. The Morgan fingerprint density at radius 1 is 1.13 bits per heavy atom. The van der Waals surface area contributed by atoms with Crippen LogP contribution in [0.25, 0.3) is 0 Å². The van der Waals surface area contributed by atoms with Crippen molar-refractivity contribution in [1.82, 2.24) is 10.2 Å². The van der Waals surface area contributed by atoms with Crippen molar-refractivity contribution in [3.05, 3.63) is 34.9 Å². The number of amides is 1. The van der Waals surface area contributed by atoms with Gasteiger partial charge in [-0.05, 0) is 75.0 Å². The molecule has 0 saturated heterocycles. The lowest BCUT2D eigenvalue weighted by Gasteiger charge is -2.43. The highest BCUT2D eigenvalue weighted by Gasteiger charge is 2.38. The molecule has 0 spiro atoms.